The highest BCUT2D eigenvalue weighted by Gasteiger charge is 2.28. The third kappa shape index (κ3) is 2.77. The van der Waals surface area contributed by atoms with E-state index in [4.69, 9.17) is 0 Å². The van der Waals surface area contributed by atoms with E-state index in [0.717, 1.165) is 18.7 Å². The van der Waals surface area contributed by atoms with Gasteiger partial charge in [-0.3, -0.25) is 0 Å². The van der Waals surface area contributed by atoms with Gasteiger partial charge in [-0.05, 0) is 47.6 Å². The van der Waals surface area contributed by atoms with Crippen LogP contribution in [0.2, 0.25) is 0 Å². The van der Waals surface area contributed by atoms with Crippen LogP contribution < -0.4 is 0 Å². The number of hydrogen-bond donors (Lipinski definition) is 0. The first-order chi connectivity index (χ1) is 8.41. The van der Waals surface area contributed by atoms with Gasteiger partial charge in [-0.25, -0.2) is 8.42 Å². The van der Waals surface area contributed by atoms with Crippen molar-refractivity contribution < 1.29 is 8.42 Å². The first kappa shape index (κ1) is 14.0. The van der Waals surface area contributed by atoms with Crippen molar-refractivity contribution in [3.63, 3.8) is 0 Å². The standard InChI is InChI=1S/C12H17BrN2O2S/c1-10-3-4-12(11(13)9-10)18(16,17)15-7-5-14(2)6-8-15/h3-4,9H,5-8H2,1-2H3. The Hall–Kier alpha value is -0.430. The summed E-state index contributed by atoms with van der Waals surface area (Å²) >= 11 is 3.35. The molecule has 1 aromatic carbocycles. The molecule has 1 saturated heterocycles. The fourth-order valence-electron chi connectivity index (χ4n) is 1.98. The number of aryl methyl sites for hydroxylation is 1. The molecule has 0 spiro atoms. The van der Waals surface area contributed by atoms with Crippen LogP contribution >= 0.6 is 15.9 Å². The minimum absolute atomic E-state index is 0.359. The minimum atomic E-state index is -3.37. The van der Waals surface area contributed by atoms with Crippen LogP contribution in [0.1, 0.15) is 5.56 Å². The predicted octanol–water partition coefficient (Wildman–Crippen LogP) is 1.69. The molecule has 1 heterocycles. The molecule has 1 aliphatic heterocycles. The average Bonchev–Trinajstić information content (AvgIpc) is 2.29. The molecular formula is C12H17BrN2O2S. The predicted molar refractivity (Wildman–Crippen MR) is 75.1 cm³/mol. The molecule has 2 rings (SSSR count). The van der Waals surface area contributed by atoms with E-state index in [1.54, 1.807) is 10.4 Å². The van der Waals surface area contributed by atoms with Crippen LogP contribution in [0, 0.1) is 6.92 Å². The van der Waals surface area contributed by atoms with E-state index in [2.05, 4.69) is 20.8 Å². The molecule has 0 aliphatic carbocycles. The Labute approximate surface area is 117 Å². The van der Waals surface area contributed by atoms with E-state index in [9.17, 15) is 8.42 Å². The van der Waals surface area contributed by atoms with Crippen molar-refractivity contribution >= 4 is 26.0 Å². The third-order valence-corrected chi connectivity index (χ3v) is 6.04. The van der Waals surface area contributed by atoms with E-state index in [1.807, 2.05) is 26.1 Å². The van der Waals surface area contributed by atoms with Gasteiger partial charge in [-0.15, -0.1) is 0 Å². The summed E-state index contributed by atoms with van der Waals surface area (Å²) in [5, 5.41) is 0. The second kappa shape index (κ2) is 5.28. The normalized spacial score (nSPS) is 19.1. The molecule has 0 atom stereocenters. The van der Waals surface area contributed by atoms with Gasteiger partial charge in [-0.1, -0.05) is 6.07 Å². The van der Waals surface area contributed by atoms with Gasteiger partial charge >= 0.3 is 0 Å². The maximum absolute atomic E-state index is 12.5. The van der Waals surface area contributed by atoms with Crippen molar-refractivity contribution in [2.75, 3.05) is 33.2 Å². The molecule has 0 aromatic heterocycles. The van der Waals surface area contributed by atoms with E-state index in [0.29, 0.717) is 22.5 Å². The summed E-state index contributed by atoms with van der Waals surface area (Å²) in [5.74, 6) is 0. The topological polar surface area (TPSA) is 40.6 Å². The van der Waals surface area contributed by atoms with Crippen LogP contribution in [0.25, 0.3) is 0 Å². The van der Waals surface area contributed by atoms with Crippen LogP contribution in [0.3, 0.4) is 0 Å². The Bertz CT molecular complexity index is 537. The second-order valence-corrected chi connectivity index (χ2v) is 7.40. The molecule has 0 bridgehead atoms. The summed E-state index contributed by atoms with van der Waals surface area (Å²) in [7, 11) is -1.37. The maximum atomic E-state index is 12.5. The molecule has 4 nitrogen and oxygen atoms in total. The lowest BCUT2D eigenvalue weighted by Gasteiger charge is -2.31. The summed E-state index contributed by atoms with van der Waals surface area (Å²) in [6.07, 6.45) is 0. The molecule has 0 saturated carbocycles. The highest BCUT2D eigenvalue weighted by molar-refractivity contribution is 9.10. The number of likely N-dealkylation sites (N-methyl/N-ethyl adjacent to an activating group) is 1. The highest BCUT2D eigenvalue weighted by Crippen LogP contribution is 2.26. The van der Waals surface area contributed by atoms with Gasteiger partial charge in [0.25, 0.3) is 0 Å². The monoisotopic (exact) mass is 332 g/mol. The SMILES string of the molecule is Cc1ccc(S(=O)(=O)N2CCN(C)CC2)c(Br)c1. The van der Waals surface area contributed by atoms with E-state index < -0.39 is 10.0 Å². The number of nitrogens with zero attached hydrogens (tertiary/aromatic N) is 2. The zero-order chi connectivity index (χ0) is 13.3. The molecule has 0 amide bonds. The Morgan fingerprint density at radius 1 is 1.17 bits per heavy atom. The zero-order valence-electron chi connectivity index (χ0n) is 10.6. The summed E-state index contributed by atoms with van der Waals surface area (Å²) in [4.78, 5) is 2.49. The zero-order valence-corrected chi connectivity index (χ0v) is 13.0. The minimum Gasteiger partial charge on any atom is -0.304 e. The number of piperazine rings is 1. The van der Waals surface area contributed by atoms with Gasteiger partial charge in [0, 0.05) is 30.7 Å². The van der Waals surface area contributed by atoms with Gasteiger partial charge in [0.05, 0.1) is 4.90 Å². The molecule has 1 fully saturated rings. The third-order valence-electron chi connectivity index (χ3n) is 3.17. The molecule has 1 aliphatic rings. The molecule has 0 unspecified atom stereocenters. The Kier molecular flexibility index (Phi) is 4.11. The van der Waals surface area contributed by atoms with Crippen LogP contribution in [0.4, 0.5) is 0 Å². The van der Waals surface area contributed by atoms with Gasteiger partial charge in [0.2, 0.25) is 10.0 Å². The molecular weight excluding hydrogens is 316 g/mol. The summed E-state index contributed by atoms with van der Waals surface area (Å²) in [5.41, 5.74) is 1.04. The number of hydrogen-bond acceptors (Lipinski definition) is 3. The quantitative estimate of drug-likeness (QED) is 0.827. The summed E-state index contributed by atoms with van der Waals surface area (Å²) < 4.78 is 27.2. The van der Waals surface area contributed by atoms with Crippen LogP contribution in [0.15, 0.2) is 27.6 Å². The number of halogens is 1. The first-order valence-corrected chi connectivity index (χ1v) is 8.09. The molecule has 100 valence electrons. The molecule has 0 radical (unpaired) electrons. The summed E-state index contributed by atoms with van der Waals surface area (Å²) in [6, 6.07) is 5.34. The Balaban J connectivity index is 2.30. The Morgan fingerprint density at radius 2 is 1.78 bits per heavy atom. The molecule has 0 N–H and O–H groups in total. The van der Waals surface area contributed by atoms with Gasteiger partial charge < -0.3 is 4.90 Å². The van der Waals surface area contributed by atoms with Crippen molar-refractivity contribution in [1.29, 1.82) is 0 Å². The van der Waals surface area contributed by atoms with Crippen LogP contribution in [-0.2, 0) is 10.0 Å². The molecule has 1 aromatic rings. The van der Waals surface area contributed by atoms with Gasteiger partial charge in [0.15, 0.2) is 0 Å². The lowest BCUT2D eigenvalue weighted by molar-refractivity contribution is 0.222. The lowest BCUT2D eigenvalue weighted by Crippen LogP contribution is -2.47. The van der Waals surface area contributed by atoms with Crippen LogP contribution in [0.5, 0.6) is 0 Å². The molecule has 6 heteroatoms. The van der Waals surface area contributed by atoms with Crippen molar-refractivity contribution in [2.45, 2.75) is 11.8 Å². The molecule has 18 heavy (non-hydrogen) atoms. The van der Waals surface area contributed by atoms with Gasteiger partial charge in [0.1, 0.15) is 0 Å². The number of benzene rings is 1. The van der Waals surface area contributed by atoms with Crippen molar-refractivity contribution in [1.82, 2.24) is 9.21 Å². The largest absolute Gasteiger partial charge is 0.304 e. The van der Waals surface area contributed by atoms with Crippen molar-refractivity contribution in [2.24, 2.45) is 0 Å². The maximum Gasteiger partial charge on any atom is 0.244 e. The van der Waals surface area contributed by atoms with E-state index >= 15 is 0 Å². The van der Waals surface area contributed by atoms with Gasteiger partial charge in [-0.2, -0.15) is 4.31 Å². The van der Waals surface area contributed by atoms with Crippen molar-refractivity contribution in [3.8, 4) is 0 Å². The average molecular weight is 333 g/mol. The lowest BCUT2D eigenvalue weighted by atomic mass is 10.2. The van der Waals surface area contributed by atoms with Crippen molar-refractivity contribution in [3.05, 3.63) is 28.2 Å². The first-order valence-electron chi connectivity index (χ1n) is 5.86. The van der Waals surface area contributed by atoms with E-state index in [-0.39, 0.29) is 0 Å². The fourth-order valence-corrected chi connectivity index (χ4v) is 4.56. The summed E-state index contributed by atoms with van der Waals surface area (Å²) in [6.45, 7) is 4.61. The number of sulfonamides is 1. The second-order valence-electron chi connectivity index (χ2n) is 4.64. The van der Waals surface area contributed by atoms with E-state index in [1.165, 1.54) is 0 Å². The Morgan fingerprint density at radius 3 is 2.33 bits per heavy atom. The fraction of sp³-hybridized carbons (Fsp3) is 0.500. The van der Waals surface area contributed by atoms with Crippen LogP contribution in [-0.4, -0.2) is 50.8 Å². The number of rotatable bonds is 2. The smallest absolute Gasteiger partial charge is 0.244 e. The highest BCUT2D eigenvalue weighted by atomic mass is 79.9.